The van der Waals surface area contributed by atoms with E-state index in [9.17, 15) is 9.59 Å². The van der Waals surface area contributed by atoms with Crippen molar-refractivity contribution >= 4 is 23.9 Å². The van der Waals surface area contributed by atoms with Crippen LogP contribution < -0.4 is 4.90 Å². The maximum absolute atomic E-state index is 12.7. The number of carbonyl (C=O) groups excluding carboxylic acids is 2. The number of amides is 2. The lowest BCUT2D eigenvalue weighted by molar-refractivity contribution is -0.140. The summed E-state index contributed by atoms with van der Waals surface area (Å²) in [7, 11) is 0. The Morgan fingerprint density at radius 2 is 1.62 bits per heavy atom. The molecule has 6 nitrogen and oxygen atoms in total. The number of hydrogen-bond acceptors (Lipinski definition) is 5. The molecule has 5 aliphatic rings. The second kappa shape index (κ2) is 6.11. The lowest BCUT2D eigenvalue weighted by atomic mass is 9.63. The number of imide groups is 1. The number of fused-ring (bicyclic) bond motifs is 1. The third-order valence-electron chi connectivity index (χ3n) is 6.32. The van der Waals surface area contributed by atoms with Crippen LogP contribution in [0.3, 0.4) is 0 Å². The van der Waals surface area contributed by atoms with Crippen LogP contribution in [-0.2, 0) is 9.59 Å². The number of hydrazone groups is 1. The zero-order chi connectivity index (χ0) is 17.7. The molecule has 2 amide bonds. The van der Waals surface area contributed by atoms with E-state index >= 15 is 0 Å². The Morgan fingerprint density at radius 1 is 0.962 bits per heavy atom. The molecule has 2 bridgehead atoms. The van der Waals surface area contributed by atoms with Gasteiger partial charge in [-0.15, -0.1) is 0 Å². The number of allylic oxidation sites excluding steroid dienone is 2. The van der Waals surface area contributed by atoms with Gasteiger partial charge in [-0.05, 0) is 50.0 Å². The van der Waals surface area contributed by atoms with Gasteiger partial charge in [-0.3, -0.25) is 9.59 Å². The molecular weight excluding hydrogens is 330 g/mol. The van der Waals surface area contributed by atoms with E-state index in [1.165, 1.54) is 25.5 Å². The quantitative estimate of drug-likeness (QED) is 0.476. The molecular formula is C20H23N3O3. The number of furan rings is 1. The fraction of sp³-hybridized carbons (Fsp3) is 0.550. The normalized spacial score (nSPS) is 33.5. The summed E-state index contributed by atoms with van der Waals surface area (Å²) in [6, 6.07) is 3.78. The Labute approximate surface area is 152 Å². The van der Waals surface area contributed by atoms with Gasteiger partial charge in [0.05, 0.1) is 18.1 Å². The monoisotopic (exact) mass is 353 g/mol. The molecule has 0 aromatic carbocycles. The summed E-state index contributed by atoms with van der Waals surface area (Å²) < 4.78 is 5.84. The first-order valence-corrected chi connectivity index (χ1v) is 9.67. The summed E-state index contributed by atoms with van der Waals surface area (Å²) >= 11 is 0. The molecule has 136 valence electrons. The van der Waals surface area contributed by atoms with Crippen LogP contribution in [0.1, 0.15) is 37.9 Å². The van der Waals surface area contributed by atoms with Crippen molar-refractivity contribution < 1.29 is 14.0 Å². The van der Waals surface area contributed by atoms with Gasteiger partial charge in [0, 0.05) is 19.2 Å². The van der Waals surface area contributed by atoms with Gasteiger partial charge in [-0.1, -0.05) is 12.2 Å². The van der Waals surface area contributed by atoms with Gasteiger partial charge >= 0.3 is 0 Å². The molecule has 2 saturated heterocycles. The lowest BCUT2D eigenvalue weighted by Gasteiger charge is -2.37. The van der Waals surface area contributed by atoms with Gasteiger partial charge in [0.25, 0.3) is 11.8 Å². The van der Waals surface area contributed by atoms with Crippen molar-refractivity contribution in [3.63, 3.8) is 0 Å². The van der Waals surface area contributed by atoms with Crippen molar-refractivity contribution in [3.05, 3.63) is 30.0 Å². The van der Waals surface area contributed by atoms with Crippen LogP contribution in [0.4, 0.5) is 5.88 Å². The number of carbonyl (C=O) groups is 2. The molecule has 0 unspecified atom stereocenters. The highest BCUT2D eigenvalue weighted by Gasteiger charge is 2.56. The third-order valence-corrected chi connectivity index (χ3v) is 6.32. The number of rotatable bonds is 3. The number of piperidine rings is 1. The van der Waals surface area contributed by atoms with E-state index < -0.39 is 0 Å². The first kappa shape index (κ1) is 15.9. The van der Waals surface area contributed by atoms with Crippen LogP contribution in [0.25, 0.3) is 0 Å². The Balaban J connectivity index is 1.33. The number of hydrogen-bond donors (Lipinski definition) is 0. The Bertz CT molecular complexity index is 758. The van der Waals surface area contributed by atoms with E-state index in [1.807, 2.05) is 12.1 Å². The van der Waals surface area contributed by atoms with Crippen molar-refractivity contribution in [1.82, 2.24) is 5.01 Å². The minimum absolute atomic E-state index is 0.155. The van der Waals surface area contributed by atoms with Crippen molar-refractivity contribution in [2.45, 2.75) is 32.1 Å². The smallest absolute Gasteiger partial charge is 0.254 e. The minimum atomic E-state index is -0.219. The van der Waals surface area contributed by atoms with Crippen LogP contribution in [0.15, 0.2) is 33.8 Å². The Kier molecular flexibility index (Phi) is 3.72. The molecule has 1 aromatic heterocycles. The summed E-state index contributed by atoms with van der Waals surface area (Å²) in [4.78, 5) is 27.7. The van der Waals surface area contributed by atoms with Crippen LogP contribution in [0.2, 0.25) is 0 Å². The van der Waals surface area contributed by atoms with Crippen molar-refractivity contribution in [2.75, 3.05) is 18.0 Å². The summed E-state index contributed by atoms with van der Waals surface area (Å²) in [6.45, 7) is 2.01. The largest absolute Gasteiger partial charge is 0.440 e. The molecule has 2 aliphatic heterocycles. The summed E-state index contributed by atoms with van der Waals surface area (Å²) in [5, 5.41) is 5.28. The third kappa shape index (κ3) is 2.42. The highest BCUT2D eigenvalue weighted by Crippen LogP contribution is 2.49. The second-order valence-corrected chi connectivity index (χ2v) is 7.80. The maximum Gasteiger partial charge on any atom is 0.254 e. The number of anilines is 1. The fourth-order valence-electron chi connectivity index (χ4n) is 4.98. The van der Waals surface area contributed by atoms with Crippen LogP contribution in [0.5, 0.6) is 0 Å². The molecule has 6 rings (SSSR count). The zero-order valence-corrected chi connectivity index (χ0v) is 14.7. The fourth-order valence-corrected chi connectivity index (χ4v) is 4.98. The predicted octanol–water partition coefficient (Wildman–Crippen LogP) is 2.80. The molecule has 0 spiro atoms. The topological polar surface area (TPSA) is 66.1 Å². The van der Waals surface area contributed by atoms with Gasteiger partial charge < -0.3 is 9.32 Å². The standard InChI is InChI=1S/C20H23N3O3/c24-19-17-13-4-5-14(7-6-13)18(17)20(25)23(19)21-12-15-8-9-16(26-15)22-10-2-1-3-11-22/h4-5,8-9,12-14,17-18H,1-3,6-7,10-11H2/b21-12-/t13-,14-,17+,18+/m0/s1. The minimum Gasteiger partial charge on any atom is -0.440 e. The molecule has 3 aliphatic carbocycles. The van der Waals surface area contributed by atoms with Crippen LogP contribution >= 0.6 is 0 Å². The molecule has 3 fully saturated rings. The molecule has 26 heavy (non-hydrogen) atoms. The molecule has 3 heterocycles. The van der Waals surface area contributed by atoms with Gasteiger partial charge in [-0.25, -0.2) is 0 Å². The van der Waals surface area contributed by atoms with Gasteiger partial charge in [-0.2, -0.15) is 10.1 Å². The van der Waals surface area contributed by atoms with E-state index in [0.717, 1.165) is 36.8 Å². The maximum atomic E-state index is 12.7. The van der Waals surface area contributed by atoms with Crippen molar-refractivity contribution in [3.8, 4) is 0 Å². The molecule has 0 radical (unpaired) electrons. The average Bonchev–Trinajstić information content (AvgIpc) is 3.27. The van der Waals surface area contributed by atoms with E-state index in [-0.39, 0.29) is 35.5 Å². The second-order valence-electron chi connectivity index (χ2n) is 7.80. The summed E-state index contributed by atoms with van der Waals surface area (Å²) in [6.07, 6.45) is 11.3. The van der Waals surface area contributed by atoms with Gasteiger partial charge in [0.2, 0.25) is 0 Å². The Hall–Kier alpha value is -2.37. The highest BCUT2D eigenvalue weighted by molar-refractivity contribution is 6.06. The Morgan fingerprint density at radius 3 is 2.23 bits per heavy atom. The average molecular weight is 353 g/mol. The molecule has 6 heteroatoms. The predicted molar refractivity (Wildman–Crippen MR) is 96.6 cm³/mol. The highest BCUT2D eigenvalue weighted by atomic mass is 16.4. The lowest BCUT2D eigenvalue weighted by Crippen LogP contribution is -2.38. The van der Waals surface area contributed by atoms with E-state index in [4.69, 9.17) is 4.42 Å². The summed E-state index contributed by atoms with van der Waals surface area (Å²) in [5.74, 6) is 1.04. The molecule has 4 atom stereocenters. The van der Waals surface area contributed by atoms with Gasteiger partial charge in [0.1, 0.15) is 5.76 Å². The van der Waals surface area contributed by atoms with Crippen molar-refractivity contribution in [2.24, 2.45) is 28.8 Å². The first-order valence-electron chi connectivity index (χ1n) is 9.67. The summed E-state index contributed by atoms with van der Waals surface area (Å²) in [5.41, 5.74) is 0. The van der Waals surface area contributed by atoms with Crippen LogP contribution in [0, 0.1) is 23.7 Å². The van der Waals surface area contributed by atoms with E-state index in [0.29, 0.717) is 5.76 Å². The molecule has 1 aromatic rings. The van der Waals surface area contributed by atoms with Crippen molar-refractivity contribution in [1.29, 1.82) is 0 Å². The van der Waals surface area contributed by atoms with Gasteiger partial charge in [0.15, 0.2) is 5.88 Å². The SMILES string of the molecule is O=C1[C@H]2[C@H](C(=O)N1/N=C\c1ccc(N3CCCCC3)o1)[C@H]1C=C[C@H]2CC1. The zero-order valence-electron chi connectivity index (χ0n) is 14.7. The number of nitrogens with zero attached hydrogens (tertiary/aromatic N) is 3. The first-order chi connectivity index (χ1) is 12.7. The molecule has 1 saturated carbocycles. The van der Waals surface area contributed by atoms with E-state index in [1.54, 1.807) is 0 Å². The van der Waals surface area contributed by atoms with Crippen LogP contribution in [-0.4, -0.2) is 36.1 Å². The molecule has 0 N–H and O–H groups in total. The van der Waals surface area contributed by atoms with E-state index in [2.05, 4.69) is 22.2 Å².